The second-order valence-electron chi connectivity index (χ2n) is 4.02. The molecule has 2 aromatic rings. The van der Waals surface area contributed by atoms with Crippen LogP contribution in [0.15, 0.2) is 29.6 Å². The molecule has 1 unspecified atom stereocenters. The van der Waals surface area contributed by atoms with Gasteiger partial charge in [-0.15, -0.1) is 11.3 Å². The Bertz CT molecular complexity index is 674. The molecule has 1 heterocycles. The van der Waals surface area contributed by atoms with Gasteiger partial charge in [-0.3, -0.25) is 4.79 Å². The predicted octanol–water partition coefficient (Wildman–Crippen LogP) is 4.34. The van der Waals surface area contributed by atoms with Crippen molar-refractivity contribution < 1.29 is 9.18 Å². The minimum absolute atomic E-state index is 0.0918. The number of ketones is 1. The summed E-state index contributed by atoms with van der Waals surface area (Å²) in [5.41, 5.74) is 1.16. The number of hydrogen-bond acceptors (Lipinski definition) is 3. The van der Waals surface area contributed by atoms with Crippen LogP contribution in [0.3, 0.4) is 0 Å². The number of aryl methyl sites for hydroxylation is 1. The second kappa shape index (κ2) is 5.52. The summed E-state index contributed by atoms with van der Waals surface area (Å²) in [5.74, 6) is -1.81. The molecule has 0 aliphatic carbocycles. The summed E-state index contributed by atoms with van der Waals surface area (Å²) in [4.78, 5) is 12.9. The van der Waals surface area contributed by atoms with Crippen molar-refractivity contribution in [1.82, 2.24) is 0 Å². The smallest absolute Gasteiger partial charge is 0.194 e. The Labute approximate surface area is 119 Å². The summed E-state index contributed by atoms with van der Waals surface area (Å²) < 4.78 is 13.0. The first-order valence-corrected chi connectivity index (χ1v) is 6.73. The highest BCUT2D eigenvalue weighted by Crippen LogP contribution is 2.30. The van der Waals surface area contributed by atoms with E-state index in [1.807, 2.05) is 19.1 Å². The number of carbonyl (C=O) groups excluding carboxylic acids is 1. The maximum atomic E-state index is 13.0. The fourth-order valence-corrected chi connectivity index (χ4v) is 2.93. The van der Waals surface area contributed by atoms with Gasteiger partial charge < -0.3 is 0 Å². The van der Waals surface area contributed by atoms with Gasteiger partial charge in [-0.25, -0.2) is 4.39 Å². The van der Waals surface area contributed by atoms with Crippen LogP contribution >= 0.6 is 22.9 Å². The molecule has 1 aromatic heterocycles. The van der Waals surface area contributed by atoms with Crippen LogP contribution in [0.5, 0.6) is 0 Å². The lowest BCUT2D eigenvalue weighted by Gasteiger charge is -2.10. The molecule has 0 aliphatic heterocycles. The Morgan fingerprint density at radius 1 is 1.47 bits per heavy atom. The van der Waals surface area contributed by atoms with Crippen molar-refractivity contribution in [1.29, 1.82) is 5.26 Å². The number of nitrogens with zero attached hydrogens (tertiary/aromatic N) is 1. The van der Waals surface area contributed by atoms with Gasteiger partial charge in [0, 0.05) is 5.02 Å². The van der Waals surface area contributed by atoms with Crippen LogP contribution in [0.1, 0.15) is 26.7 Å². The number of nitriles is 1. The SMILES string of the molecule is Cc1ccsc1C(=O)C(C#N)c1ccc(F)cc1Cl. The van der Waals surface area contributed by atoms with Crippen molar-refractivity contribution in [2.45, 2.75) is 12.8 Å². The van der Waals surface area contributed by atoms with Gasteiger partial charge in [0.05, 0.1) is 10.9 Å². The number of Topliss-reactive ketones (excluding diaryl/α,β-unsaturated/α-hetero) is 1. The molecule has 0 saturated carbocycles. The van der Waals surface area contributed by atoms with Crippen molar-refractivity contribution in [2.75, 3.05) is 0 Å². The molecule has 0 aliphatic rings. The molecule has 0 radical (unpaired) electrons. The highest BCUT2D eigenvalue weighted by atomic mass is 35.5. The first-order valence-electron chi connectivity index (χ1n) is 5.47. The summed E-state index contributed by atoms with van der Waals surface area (Å²) in [5, 5.41) is 11.1. The molecule has 96 valence electrons. The molecule has 2 nitrogen and oxygen atoms in total. The van der Waals surface area contributed by atoms with Gasteiger partial charge in [0.15, 0.2) is 5.78 Å². The number of hydrogen-bond donors (Lipinski definition) is 0. The maximum absolute atomic E-state index is 13.0. The minimum Gasteiger partial charge on any atom is -0.291 e. The molecule has 0 fully saturated rings. The second-order valence-corrected chi connectivity index (χ2v) is 5.35. The van der Waals surface area contributed by atoms with Gasteiger partial charge in [0.25, 0.3) is 0 Å². The lowest BCUT2D eigenvalue weighted by Crippen LogP contribution is -2.11. The molecule has 0 spiro atoms. The fraction of sp³-hybridized carbons (Fsp3) is 0.143. The average Bonchev–Trinajstić information content (AvgIpc) is 2.78. The highest BCUT2D eigenvalue weighted by molar-refractivity contribution is 7.12. The molecule has 0 amide bonds. The molecule has 0 bridgehead atoms. The Morgan fingerprint density at radius 2 is 2.21 bits per heavy atom. The van der Waals surface area contributed by atoms with E-state index in [1.54, 1.807) is 5.38 Å². The van der Waals surface area contributed by atoms with Crippen molar-refractivity contribution in [3.63, 3.8) is 0 Å². The van der Waals surface area contributed by atoms with Crippen molar-refractivity contribution >= 4 is 28.7 Å². The molecule has 5 heteroatoms. The summed E-state index contributed by atoms with van der Waals surface area (Å²) in [6, 6.07) is 7.45. The topological polar surface area (TPSA) is 40.9 Å². The summed E-state index contributed by atoms with van der Waals surface area (Å²) in [7, 11) is 0. The standard InChI is InChI=1S/C14H9ClFNOS/c1-8-4-5-19-14(8)13(18)11(7-17)10-3-2-9(16)6-12(10)15/h2-6,11H,1H3. The fourth-order valence-electron chi connectivity index (χ4n) is 1.76. The van der Waals surface area contributed by atoms with Gasteiger partial charge in [0.1, 0.15) is 11.7 Å². The van der Waals surface area contributed by atoms with Crippen LogP contribution in [0.4, 0.5) is 4.39 Å². The summed E-state index contributed by atoms with van der Waals surface area (Å²) >= 11 is 7.20. The molecule has 2 rings (SSSR count). The van der Waals surface area contributed by atoms with Crippen LogP contribution in [0.25, 0.3) is 0 Å². The highest BCUT2D eigenvalue weighted by Gasteiger charge is 2.26. The molecule has 1 atom stereocenters. The molecular formula is C14H9ClFNOS. The zero-order valence-corrected chi connectivity index (χ0v) is 11.6. The zero-order chi connectivity index (χ0) is 14.0. The van der Waals surface area contributed by atoms with E-state index in [2.05, 4.69) is 0 Å². The van der Waals surface area contributed by atoms with E-state index in [-0.39, 0.29) is 10.8 Å². The predicted molar refractivity (Wildman–Crippen MR) is 73.2 cm³/mol. The largest absolute Gasteiger partial charge is 0.291 e. The van der Waals surface area contributed by atoms with Crippen LogP contribution < -0.4 is 0 Å². The number of halogens is 2. The van der Waals surface area contributed by atoms with E-state index in [1.165, 1.54) is 23.5 Å². The van der Waals surface area contributed by atoms with Crippen LogP contribution in [0, 0.1) is 24.1 Å². The molecule has 19 heavy (non-hydrogen) atoms. The van der Waals surface area contributed by atoms with E-state index in [9.17, 15) is 14.4 Å². The lowest BCUT2D eigenvalue weighted by molar-refractivity contribution is 0.0982. The number of thiophene rings is 1. The van der Waals surface area contributed by atoms with E-state index >= 15 is 0 Å². The van der Waals surface area contributed by atoms with E-state index in [4.69, 9.17) is 11.6 Å². The number of rotatable bonds is 3. The van der Waals surface area contributed by atoms with E-state index < -0.39 is 11.7 Å². The third kappa shape index (κ3) is 2.67. The molecule has 1 aromatic carbocycles. The van der Waals surface area contributed by atoms with E-state index in [0.717, 1.165) is 11.6 Å². The Balaban J connectivity index is 2.44. The van der Waals surface area contributed by atoms with Crippen molar-refractivity contribution in [3.8, 4) is 6.07 Å². The summed E-state index contributed by atoms with van der Waals surface area (Å²) in [6.07, 6.45) is 0. The maximum Gasteiger partial charge on any atom is 0.194 e. The van der Waals surface area contributed by atoms with Gasteiger partial charge in [0.2, 0.25) is 0 Å². The number of benzene rings is 1. The van der Waals surface area contributed by atoms with Crippen molar-refractivity contribution in [2.24, 2.45) is 0 Å². The van der Waals surface area contributed by atoms with Gasteiger partial charge in [-0.2, -0.15) is 5.26 Å². The summed E-state index contributed by atoms with van der Waals surface area (Å²) in [6.45, 7) is 1.81. The minimum atomic E-state index is -1.01. The van der Waals surface area contributed by atoms with Gasteiger partial charge >= 0.3 is 0 Å². The third-order valence-electron chi connectivity index (χ3n) is 2.75. The van der Waals surface area contributed by atoms with Gasteiger partial charge in [-0.05, 0) is 41.6 Å². The lowest BCUT2D eigenvalue weighted by atomic mass is 9.94. The van der Waals surface area contributed by atoms with Crippen LogP contribution in [-0.4, -0.2) is 5.78 Å². The molecular weight excluding hydrogens is 285 g/mol. The Kier molecular flexibility index (Phi) is 3.98. The zero-order valence-electron chi connectivity index (χ0n) is 9.98. The quantitative estimate of drug-likeness (QED) is 0.790. The molecule has 0 N–H and O–H groups in total. The first kappa shape index (κ1) is 13.7. The first-order chi connectivity index (χ1) is 9.04. The van der Waals surface area contributed by atoms with E-state index in [0.29, 0.717) is 10.4 Å². The normalized spacial score (nSPS) is 11.9. The van der Waals surface area contributed by atoms with Crippen LogP contribution in [0.2, 0.25) is 5.02 Å². The monoisotopic (exact) mass is 293 g/mol. The number of carbonyl (C=O) groups is 1. The third-order valence-corrected chi connectivity index (χ3v) is 4.11. The Hall–Kier alpha value is -1.70. The molecule has 0 saturated heterocycles. The van der Waals surface area contributed by atoms with Crippen LogP contribution in [-0.2, 0) is 0 Å². The van der Waals surface area contributed by atoms with Gasteiger partial charge in [-0.1, -0.05) is 17.7 Å². The van der Waals surface area contributed by atoms with Crippen molar-refractivity contribution in [3.05, 3.63) is 56.5 Å². The average molecular weight is 294 g/mol. The Morgan fingerprint density at radius 3 is 2.74 bits per heavy atom.